The lowest BCUT2D eigenvalue weighted by Crippen LogP contribution is -2.13. The molecule has 0 aliphatic rings. The van der Waals surface area contributed by atoms with E-state index in [1.54, 1.807) is 11.3 Å². The van der Waals surface area contributed by atoms with Gasteiger partial charge in [0, 0.05) is 11.9 Å². The quantitative estimate of drug-likeness (QED) is 0.683. The van der Waals surface area contributed by atoms with Crippen molar-refractivity contribution in [3.8, 4) is 0 Å². The van der Waals surface area contributed by atoms with Crippen LogP contribution < -0.4 is 0 Å². The summed E-state index contributed by atoms with van der Waals surface area (Å²) in [4.78, 5) is 6.25. The van der Waals surface area contributed by atoms with Crippen LogP contribution in [0, 0.1) is 0 Å². The summed E-state index contributed by atoms with van der Waals surface area (Å²) in [6, 6.07) is 0. The molecule has 11 heavy (non-hydrogen) atoms. The van der Waals surface area contributed by atoms with Crippen LogP contribution in [0.3, 0.4) is 0 Å². The van der Waals surface area contributed by atoms with E-state index in [4.69, 9.17) is 0 Å². The molecular weight excluding hydrogens is 156 g/mol. The second-order valence-electron chi connectivity index (χ2n) is 2.72. The van der Waals surface area contributed by atoms with Crippen molar-refractivity contribution in [2.75, 3.05) is 20.6 Å². The molecule has 0 saturated heterocycles. The summed E-state index contributed by atoms with van der Waals surface area (Å²) in [5.41, 5.74) is 3.93. The SMILES string of the molecule is C=C(CN(C)C)c1cscn1. The second-order valence-corrected chi connectivity index (χ2v) is 3.43. The van der Waals surface area contributed by atoms with Gasteiger partial charge in [-0.1, -0.05) is 6.58 Å². The number of rotatable bonds is 3. The summed E-state index contributed by atoms with van der Waals surface area (Å²) in [7, 11) is 4.05. The van der Waals surface area contributed by atoms with E-state index in [-0.39, 0.29) is 0 Å². The van der Waals surface area contributed by atoms with Crippen molar-refractivity contribution in [2.24, 2.45) is 0 Å². The van der Waals surface area contributed by atoms with Crippen LogP contribution in [0.25, 0.3) is 5.57 Å². The number of aromatic nitrogens is 1. The maximum atomic E-state index is 4.16. The Bertz CT molecular complexity index is 226. The minimum absolute atomic E-state index is 0.879. The standard InChI is InChI=1S/C8H12N2S/c1-7(4-10(2)3)8-5-11-6-9-8/h5-6H,1,4H2,2-3H3. The molecule has 0 fully saturated rings. The number of hydrogen-bond acceptors (Lipinski definition) is 3. The maximum Gasteiger partial charge on any atom is 0.0798 e. The molecule has 2 nitrogen and oxygen atoms in total. The molecule has 0 atom stereocenters. The zero-order valence-electron chi connectivity index (χ0n) is 6.87. The van der Waals surface area contributed by atoms with Gasteiger partial charge in [-0.05, 0) is 19.7 Å². The Morgan fingerprint density at radius 2 is 2.45 bits per heavy atom. The van der Waals surface area contributed by atoms with Gasteiger partial charge in [-0.25, -0.2) is 4.98 Å². The van der Waals surface area contributed by atoms with Crippen LogP contribution in [-0.4, -0.2) is 30.5 Å². The summed E-state index contributed by atoms with van der Waals surface area (Å²) in [6.07, 6.45) is 0. The molecule has 0 aliphatic carbocycles. The van der Waals surface area contributed by atoms with Gasteiger partial charge in [0.05, 0.1) is 11.2 Å². The van der Waals surface area contributed by atoms with Gasteiger partial charge < -0.3 is 4.90 Å². The minimum atomic E-state index is 0.879. The Balaban J connectivity index is 2.57. The first-order valence-electron chi connectivity index (χ1n) is 3.41. The van der Waals surface area contributed by atoms with Crippen molar-refractivity contribution < 1.29 is 0 Å². The van der Waals surface area contributed by atoms with Gasteiger partial charge in [-0.3, -0.25) is 0 Å². The Kier molecular flexibility index (Phi) is 2.79. The third kappa shape index (κ3) is 2.44. The fourth-order valence-corrected chi connectivity index (χ4v) is 1.44. The second kappa shape index (κ2) is 3.64. The van der Waals surface area contributed by atoms with Crippen LogP contribution in [0.15, 0.2) is 17.5 Å². The van der Waals surface area contributed by atoms with Gasteiger partial charge in [0.15, 0.2) is 0 Å². The number of hydrogen-bond donors (Lipinski definition) is 0. The van der Waals surface area contributed by atoms with Crippen molar-refractivity contribution in [1.82, 2.24) is 9.88 Å². The van der Waals surface area contributed by atoms with Crippen molar-refractivity contribution in [3.63, 3.8) is 0 Å². The number of likely N-dealkylation sites (N-methyl/N-ethyl adjacent to an activating group) is 1. The average molecular weight is 168 g/mol. The highest BCUT2D eigenvalue weighted by molar-refractivity contribution is 7.07. The average Bonchev–Trinajstić information content (AvgIpc) is 2.35. The molecular formula is C8H12N2S. The van der Waals surface area contributed by atoms with Gasteiger partial charge in [-0.15, -0.1) is 11.3 Å². The largest absolute Gasteiger partial charge is 0.305 e. The summed E-state index contributed by atoms with van der Waals surface area (Å²) in [5, 5.41) is 2.02. The van der Waals surface area contributed by atoms with Gasteiger partial charge in [0.1, 0.15) is 0 Å². The van der Waals surface area contributed by atoms with E-state index in [2.05, 4.69) is 16.5 Å². The van der Waals surface area contributed by atoms with Gasteiger partial charge in [-0.2, -0.15) is 0 Å². The first-order valence-corrected chi connectivity index (χ1v) is 4.35. The lowest BCUT2D eigenvalue weighted by molar-refractivity contribution is 0.463. The highest BCUT2D eigenvalue weighted by Crippen LogP contribution is 2.11. The molecule has 0 saturated carbocycles. The number of nitrogens with zero attached hydrogens (tertiary/aromatic N) is 2. The third-order valence-corrected chi connectivity index (χ3v) is 1.89. The molecule has 1 rings (SSSR count). The molecule has 0 unspecified atom stereocenters. The van der Waals surface area contributed by atoms with E-state index >= 15 is 0 Å². The molecule has 0 aromatic carbocycles. The first-order chi connectivity index (χ1) is 5.20. The van der Waals surface area contributed by atoms with E-state index in [1.165, 1.54) is 0 Å². The fourth-order valence-electron chi connectivity index (χ4n) is 0.850. The monoisotopic (exact) mass is 168 g/mol. The van der Waals surface area contributed by atoms with Crippen molar-refractivity contribution in [3.05, 3.63) is 23.2 Å². The zero-order chi connectivity index (χ0) is 8.27. The topological polar surface area (TPSA) is 16.1 Å². The van der Waals surface area contributed by atoms with Crippen LogP contribution in [0.1, 0.15) is 5.69 Å². The summed E-state index contributed by atoms with van der Waals surface area (Å²) < 4.78 is 0. The predicted molar refractivity (Wildman–Crippen MR) is 49.7 cm³/mol. The van der Waals surface area contributed by atoms with E-state index in [0.717, 1.165) is 17.8 Å². The summed E-state index contributed by atoms with van der Waals surface area (Å²) in [6.45, 7) is 4.82. The fraction of sp³-hybridized carbons (Fsp3) is 0.375. The van der Waals surface area contributed by atoms with E-state index < -0.39 is 0 Å². The molecule has 0 radical (unpaired) electrons. The van der Waals surface area contributed by atoms with Crippen molar-refractivity contribution in [2.45, 2.75) is 0 Å². The highest BCUT2D eigenvalue weighted by Gasteiger charge is 2.00. The molecule has 0 amide bonds. The van der Waals surface area contributed by atoms with Crippen LogP contribution in [-0.2, 0) is 0 Å². The normalized spacial score (nSPS) is 10.5. The lowest BCUT2D eigenvalue weighted by atomic mass is 10.2. The van der Waals surface area contributed by atoms with E-state index in [1.807, 2.05) is 25.0 Å². The van der Waals surface area contributed by atoms with Crippen LogP contribution in [0.4, 0.5) is 0 Å². The summed E-state index contributed by atoms with van der Waals surface area (Å²) >= 11 is 1.60. The van der Waals surface area contributed by atoms with Gasteiger partial charge >= 0.3 is 0 Å². The van der Waals surface area contributed by atoms with Crippen LogP contribution in [0.2, 0.25) is 0 Å². The first kappa shape index (κ1) is 8.43. The molecule has 0 N–H and O–H groups in total. The van der Waals surface area contributed by atoms with Gasteiger partial charge in [0.25, 0.3) is 0 Å². The number of thiazole rings is 1. The third-order valence-electron chi connectivity index (χ3n) is 1.30. The maximum absolute atomic E-state index is 4.16. The molecule has 60 valence electrons. The van der Waals surface area contributed by atoms with Crippen molar-refractivity contribution in [1.29, 1.82) is 0 Å². The molecule has 1 aromatic rings. The highest BCUT2D eigenvalue weighted by atomic mass is 32.1. The predicted octanol–water partition coefficient (Wildman–Crippen LogP) is 1.72. The Morgan fingerprint density at radius 1 is 1.73 bits per heavy atom. The smallest absolute Gasteiger partial charge is 0.0798 e. The molecule has 3 heteroatoms. The Labute approximate surface area is 71.2 Å². The molecule has 1 heterocycles. The molecule has 1 aromatic heterocycles. The van der Waals surface area contributed by atoms with Crippen molar-refractivity contribution >= 4 is 16.9 Å². The Hall–Kier alpha value is -0.670. The van der Waals surface area contributed by atoms with E-state index in [0.29, 0.717) is 0 Å². The van der Waals surface area contributed by atoms with Crippen LogP contribution >= 0.6 is 11.3 Å². The lowest BCUT2D eigenvalue weighted by Gasteiger charge is -2.09. The minimum Gasteiger partial charge on any atom is -0.305 e. The zero-order valence-corrected chi connectivity index (χ0v) is 7.69. The van der Waals surface area contributed by atoms with Gasteiger partial charge in [0.2, 0.25) is 0 Å². The van der Waals surface area contributed by atoms with E-state index in [9.17, 15) is 0 Å². The Morgan fingerprint density at radius 3 is 2.91 bits per heavy atom. The molecule has 0 spiro atoms. The molecule has 0 aliphatic heterocycles. The molecule has 0 bridgehead atoms. The van der Waals surface area contributed by atoms with Crippen LogP contribution in [0.5, 0.6) is 0 Å². The summed E-state index contributed by atoms with van der Waals surface area (Å²) in [5.74, 6) is 0.